The van der Waals surface area contributed by atoms with Crippen molar-refractivity contribution in [1.82, 2.24) is 9.66 Å². The first kappa shape index (κ1) is 28.9. The SMILES string of the molecule is COc1cc(C=Nn2c(-c3cccc(C(F)(F)F)c3)nc3ccccc3c2=O)cc([N+](=O)[O-])c1OCc1ccc(F)cc1. The maximum absolute atomic E-state index is 13.4. The van der Waals surface area contributed by atoms with E-state index in [1.807, 2.05) is 0 Å². The van der Waals surface area contributed by atoms with E-state index in [2.05, 4.69) is 10.1 Å². The van der Waals surface area contributed by atoms with Gasteiger partial charge in [0.05, 0.1) is 34.7 Å². The summed E-state index contributed by atoms with van der Waals surface area (Å²) in [7, 11) is 1.27. The lowest BCUT2D eigenvalue weighted by molar-refractivity contribution is -0.386. The number of aromatic nitrogens is 2. The second-order valence-corrected chi connectivity index (χ2v) is 9.14. The number of fused-ring (bicyclic) bond motifs is 1. The minimum atomic E-state index is -4.64. The van der Waals surface area contributed by atoms with Crippen LogP contribution >= 0.6 is 0 Å². The van der Waals surface area contributed by atoms with E-state index in [4.69, 9.17) is 9.47 Å². The zero-order chi connectivity index (χ0) is 30.7. The lowest BCUT2D eigenvalue weighted by Crippen LogP contribution is -2.20. The molecule has 0 fully saturated rings. The average molecular weight is 593 g/mol. The van der Waals surface area contributed by atoms with Gasteiger partial charge in [-0.2, -0.15) is 22.9 Å². The summed E-state index contributed by atoms with van der Waals surface area (Å²) in [6, 6.07) is 18.4. The van der Waals surface area contributed by atoms with Gasteiger partial charge in [0.2, 0.25) is 5.75 Å². The molecule has 0 amide bonds. The van der Waals surface area contributed by atoms with Crippen LogP contribution in [0.5, 0.6) is 11.5 Å². The van der Waals surface area contributed by atoms with Gasteiger partial charge in [-0.3, -0.25) is 14.9 Å². The molecule has 0 aliphatic rings. The Morgan fingerprint density at radius 2 is 1.77 bits per heavy atom. The number of nitro benzene ring substituents is 1. The highest BCUT2D eigenvalue weighted by molar-refractivity contribution is 5.84. The molecular formula is C30H20F4N4O5. The molecule has 0 saturated heterocycles. The van der Waals surface area contributed by atoms with Crippen LogP contribution in [-0.2, 0) is 12.8 Å². The van der Waals surface area contributed by atoms with Crippen LogP contribution in [0, 0.1) is 15.9 Å². The molecular weight excluding hydrogens is 572 g/mol. The van der Waals surface area contributed by atoms with Gasteiger partial charge in [-0.1, -0.05) is 36.4 Å². The number of ether oxygens (including phenoxy) is 2. The van der Waals surface area contributed by atoms with E-state index in [-0.39, 0.29) is 46.0 Å². The fraction of sp³-hybridized carbons (Fsp3) is 0.100. The molecule has 0 radical (unpaired) electrons. The number of benzene rings is 4. The molecule has 0 N–H and O–H groups in total. The highest BCUT2D eigenvalue weighted by Gasteiger charge is 2.31. The summed E-state index contributed by atoms with van der Waals surface area (Å²) in [5.41, 5.74) is -1.21. The average Bonchev–Trinajstić information content (AvgIpc) is 2.99. The van der Waals surface area contributed by atoms with Gasteiger partial charge < -0.3 is 9.47 Å². The monoisotopic (exact) mass is 592 g/mol. The third-order valence-electron chi connectivity index (χ3n) is 6.29. The third kappa shape index (κ3) is 6.20. The Hall–Kier alpha value is -5.59. The van der Waals surface area contributed by atoms with Crippen LogP contribution < -0.4 is 15.0 Å². The molecule has 5 rings (SSSR count). The van der Waals surface area contributed by atoms with Crippen molar-refractivity contribution in [3.63, 3.8) is 0 Å². The first-order valence-electron chi connectivity index (χ1n) is 12.5. The normalized spacial score (nSPS) is 11.7. The Kier molecular flexibility index (Phi) is 7.88. The minimum absolute atomic E-state index is 0.0251. The summed E-state index contributed by atoms with van der Waals surface area (Å²) in [6.07, 6.45) is -3.52. The van der Waals surface area contributed by atoms with E-state index in [0.29, 0.717) is 5.56 Å². The lowest BCUT2D eigenvalue weighted by Gasteiger charge is -2.13. The van der Waals surface area contributed by atoms with Gasteiger partial charge >= 0.3 is 11.9 Å². The van der Waals surface area contributed by atoms with Crippen molar-refractivity contribution < 1.29 is 32.0 Å². The lowest BCUT2D eigenvalue weighted by atomic mass is 10.1. The number of rotatable bonds is 8. The molecule has 4 aromatic carbocycles. The maximum Gasteiger partial charge on any atom is 0.416 e. The van der Waals surface area contributed by atoms with Crippen molar-refractivity contribution in [2.75, 3.05) is 7.11 Å². The van der Waals surface area contributed by atoms with Gasteiger partial charge in [0.25, 0.3) is 5.56 Å². The number of halogens is 4. The molecule has 1 heterocycles. The first-order valence-corrected chi connectivity index (χ1v) is 12.5. The minimum Gasteiger partial charge on any atom is -0.493 e. The van der Waals surface area contributed by atoms with Crippen LogP contribution in [0.25, 0.3) is 22.3 Å². The van der Waals surface area contributed by atoms with Gasteiger partial charge in [-0.15, -0.1) is 0 Å². The highest BCUT2D eigenvalue weighted by atomic mass is 19.4. The van der Waals surface area contributed by atoms with E-state index in [9.17, 15) is 32.5 Å². The fourth-order valence-corrected chi connectivity index (χ4v) is 4.23. The van der Waals surface area contributed by atoms with E-state index >= 15 is 0 Å². The Morgan fingerprint density at radius 3 is 2.47 bits per heavy atom. The van der Waals surface area contributed by atoms with Crippen LogP contribution in [0.1, 0.15) is 16.7 Å². The number of nitro groups is 1. The quantitative estimate of drug-likeness (QED) is 0.0870. The molecule has 0 unspecified atom stereocenters. The number of nitrogens with zero attached hydrogens (tertiary/aromatic N) is 4. The third-order valence-corrected chi connectivity index (χ3v) is 6.29. The van der Waals surface area contributed by atoms with Crippen molar-refractivity contribution in [1.29, 1.82) is 0 Å². The van der Waals surface area contributed by atoms with Crippen LogP contribution in [0.3, 0.4) is 0 Å². The maximum atomic E-state index is 13.4. The molecule has 5 aromatic rings. The smallest absolute Gasteiger partial charge is 0.416 e. The summed E-state index contributed by atoms with van der Waals surface area (Å²) in [5.74, 6) is -0.845. The van der Waals surface area contributed by atoms with Crippen molar-refractivity contribution in [2.45, 2.75) is 12.8 Å². The molecule has 0 aliphatic carbocycles. The molecule has 0 bridgehead atoms. The number of methoxy groups -OCH3 is 1. The first-order chi connectivity index (χ1) is 20.5. The van der Waals surface area contributed by atoms with Gasteiger partial charge in [-0.25, -0.2) is 9.37 Å². The van der Waals surface area contributed by atoms with Crippen LogP contribution in [0.4, 0.5) is 23.2 Å². The van der Waals surface area contributed by atoms with Crippen LogP contribution in [-0.4, -0.2) is 27.9 Å². The van der Waals surface area contributed by atoms with E-state index in [1.165, 1.54) is 55.6 Å². The molecule has 43 heavy (non-hydrogen) atoms. The Morgan fingerprint density at radius 1 is 1.02 bits per heavy atom. The zero-order valence-electron chi connectivity index (χ0n) is 22.2. The Labute approximate surface area is 240 Å². The largest absolute Gasteiger partial charge is 0.493 e. The highest BCUT2D eigenvalue weighted by Crippen LogP contribution is 2.38. The molecule has 1 aromatic heterocycles. The number of hydrogen-bond acceptors (Lipinski definition) is 7. The molecule has 0 aliphatic heterocycles. The standard InChI is InChI=1S/C30H20F4N4O5/c1-42-26-14-19(13-25(38(40)41)27(26)43-17-18-9-11-22(31)12-10-18)16-35-37-28(20-5-4-6-21(15-20)30(32,33)34)36-24-8-3-2-7-23(24)29(37)39/h2-16H,17H2,1H3. The van der Waals surface area contributed by atoms with Crippen LogP contribution in [0.15, 0.2) is 94.8 Å². The molecule has 218 valence electrons. The second-order valence-electron chi connectivity index (χ2n) is 9.14. The summed E-state index contributed by atoms with van der Waals surface area (Å²) in [4.78, 5) is 29.1. The molecule has 13 heteroatoms. The van der Waals surface area contributed by atoms with E-state index < -0.39 is 33.7 Å². The molecule has 0 spiro atoms. The van der Waals surface area contributed by atoms with Crippen molar-refractivity contribution in [3.05, 3.63) is 128 Å². The number of para-hydroxylation sites is 1. The van der Waals surface area contributed by atoms with Crippen molar-refractivity contribution in [3.8, 4) is 22.9 Å². The second kappa shape index (κ2) is 11.7. The van der Waals surface area contributed by atoms with Gasteiger partial charge in [0.15, 0.2) is 11.6 Å². The number of alkyl halides is 3. The number of hydrogen-bond donors (Lipinski definition) is 0. The van der Waals surface area contributed by atoms with E-state index in [0.717, 1.165) is 29.1 Å². The Bertz CT molecular complexity index is 1920. The topological polar surface area (TPSA) is 109 Å². The van der Waals surface area contributed by atoms with Crippen LogP contribution in [0.2, 0.25) is 0 Å². The predicted molar refractivity (Wildman–Crippen MR) is 150 cm³/mol. The summed E-state index contributed by atoms with van der Waals surface area (Å²) in [5, 5.41) is 16.3. The van der Waals surface area contributed by atoms with Gasteiger partial charge in [0, 0.05) is 17.2 Å². The molecule has 0 atom stereocenters. The van der Waals surface area contributed by atoms with Gasteiger partial charge in [-0.05, 0) is 48.0 Å². The summed E-state index contributed by atoms with van der Waals surface area (Å²) < 4.78 is 65.4. The fourth-order valence-electron chi connectivity index (χ4n) is 4.23. The van der Waals surface area contributed by atoms with E-state index in [1.54, 1.807) is 18.2 Å². The van der Waals surface area contributed by atoms with Gasteiger partial charge in [0.1, 0.15) is 12.4 Å². The molecule has 9 nitrogen and oxygen atoms in total. The Balaban J connectivity index is 1.59. The van der Waals surface area contributed by atoms with Crippen molar-refractivity contribution in [2.24, 2.45) is 5.10 Å². The summed E-state index contributed by atoms with van der Waals surface area (Å²) in [6.45, 7) is -0.122. The summed E-state index contributed by atoms with van der Waals surface area (Å²) >= 11 is 0. The predicted octanol–water partition coefficient (Wildman–Crippen LogP) is 6.60. The zero-order valence-corrected chi connectivity index (χ0v) is 22.2. The van der Waals surface area contributed by atoms with Crippen molar-refractivity contribution >= 4 is 22.8 Å². The molecule has 0 saturated carbocycles.